The summed E-state index contributed by atoms with van der Waals surface area (Å²) in [5.41, 5.74) is 6.13. The van der Waals surface area contributed by atoms with Crippen LogP contribution in [0, 0.1) is 10.4 Å². The van der Waals surface area contributed by atoms with Crippen molar-refractivity contribution >= 4 is 12.2 Å². The number of rotatable bonds is 0. The van der Waals surface area contributed by atoms with Crippen LogP contribution >= 0.6 is 0 Å². The predicted octanol–water partition coefficient (Wildman–Crippen LogP) is 2.86. The van der Waals surface area contributed by atoms with Gasteiger partial charge in [0.05, 0.1) is 0 Å². The van der Waals surface area contributed by atoms with E-state index < -0.39 is 0 Å². The second-order valence-electron chi connectivity index (χ2n) is 6.41. The molecule has 2 aromatic rings. The van der Waals surface area contributed by atoms with Crippen LogP contribution in [0.1, 0.15) is 22.3 Å². The fourth-order valence-corrected chi connectivity index (χ4v) is 4.18. The second-order valence-corrected chi connectivity index (χ2v) is 6.41. The summed E-state index contributed by atoms with van der Waals surface area (Å²) >= 11 is 0. The molecule has 3 aliphatic carbocycles. The van der Waals surface area contributed by atoms with Gasteiger partial charge in [-0.1, -0.05) is 60.7 Å². The number of hydrogen-bond acceptors (Lipinski definition) is 0. The molecule has 0 spiro atoms. The zero-order valence-corrected chi connectivity index (χ0v) is 12.6. The molecule has 5 rings (SSSR count). The van der Waals surface area contributed by atoms with E-state index in [1.165, 1.54) is 37.6 Å². The molecule has 0 fully saturated rings. The van der Waals surface area contributed by atoms with Crippen LogP contribution < -0.4 is 10.4 Å². The van der Waals surface area contributed by atoms with Crippen LogP contribution in [0.4, 0.5) is 0 Å². The minimum Gasteiger partial charge on any atom is -0.0838 e. The van der Waals surface area contributed by atoms with E-state index in [2.05, 4.69) is 60.7 Å². The summed E-state index contributed by atoms with van der Waals surface area (Å²) < 4.78 is 0. The fraction of sp³-hybridized carbons (Fsp3) is 0.182. The Morgan fingerprint density at radius 2 is 1.50 bits per heavy atom. The summed E-state index contributed by atoms with van der Waals surface area (Å²) in [4.78, 5) is 0. The van der Waals surface area contributed by atoms with Gasteiger partial charge in [0.1, 0.15) is 0 Å². The van der Waals surface area contributed by atoms with Crippen molar-refractivity contribution in [3.63, 3.8) is 0 Å². The summed E-state index contributed by atoms with van der Waals surface area (Å²) in [5.74, 6) is 0. The molecule has 0 atom stereocenters. The van der Waals surface area contributed by atoms with E-state index in [-0.39, 0.29) is 0 Å². The molecule has 0 N–H and O–H groups in total. The first-order valence-electron chi connectivity index (χ1n) is 8.20. The summed E-state index contributed by atoms with van der Waals surface area (Å²) in [6.07, 6.45) is 18.1. The molecule has 0 aromatic heterocycles. The maximum Gasteiger partial charge on any atom is -0.00789 e. The van der Waals surface area contributed by atoms with Crippen molar-refractivity contribution in [1.82, 2.24) is 0 Å². The Kier molecular flexibility index (Phi) is 2.54. The van der Waals surface area contributed by atoms with Crippen molar-refractivity contribution in [3.05, 3.63) is 91.7 Å². The molecule has 0 bridgehead atoms. The van der Waals surface area contributed by atoms with Gasteiger partial charge in [-0.2, -0.15) is 0 Å². The van der Waals surface area contributed by atoms with Crippen LogP contribution in [0.25, 0.3) is 12.2 Å². The van der Waals surface area contributed by atoms with Crippen LogP contribution in [-0.4, -0.2) is 0 Å². The Hall–Kier alpha value is -2.34. The van der Waals surface area contributed by atoms with Crippen molar-refractivity contribution in [3.8, 4) is 0 Å². The van der Waals surface area contributed by atoms with Crippen LogP contribution in [0.15, 0.2) is 48.6 Å². The molecule has 22 heavy (non-hydrogen) atoms. The highest BCUT2D eigenvalue weighted by Gasteiger charge is 2.13. The first-order valence-corrected chi connectivity index (χ1v) is 8.20. The summed E-state index contributed by atoms with van der Waals surface area (Å²) in [5, 5.41) is 5.79. The van der Waals surface area contributed by atoms with Gasteiger partial charge in [-0.25, -0.2) is 0 Å². The van der Waals surface area contributed by atoms with E-state index in [0.29, 0.717) is 0 Å². The average molecular weight is 282 g/mol. The van der Waals surface area contributed by atoms with Gasteiger partial charge in [-0.3, -0.25) is 0 Å². The summed E-state index contributed by atoms with van der Waals surface area (Å²) in [7, 11) is 0. The van der Waals surface area contributed by atoms with E-state index in [1.54, 1.807) is 5.56 Å². The van der Waals surface area contributed by atoms with Crippen LogP contribution in [-0.2, 0) is 25.7 Å². The number of hydrogen-bond donors (Lipinski definition) is 0. The van der Waals surface area contributed by atoms with E-state index in [1.807, 2.05) is 0 Å². The maximum atomic E-state index is 2.47. The third kappa shape index (κ3) is 1.64. The molecule has 0 heteroatoms. The summed E-state index contributed by atoms with van der Waals surface area (Å²) in [6, 6.07) is 9.31. The largest absolute Gasteiger partial charge is 0.0838 e. The molecule has 0 aliphatic heterocycles. The van der Waals surface area contributed by atoms with Gasteiger partial charge in [0, 0.05) is 0 Å². The lowest BCUT2D eigenvalue weighted by molar-refractivity contribution is 1.04. The van der Waals surface area contributed by atoms with Gasteiger partial charge >= 0.3 is 0 Å². The van der Waals surface area contributed by atoms with E-state index in [9.17, 15) is 0 Å². The number of benzene rings is 2. The zero-order valence-electron chi connectivity index (χ0n) is 12.6. The van der Waals surface area contributed by atoms with Gasteiger partial charge in [0.25, 0.3) is 0 Å². The second kappa shape index (κ2) is 4.58. The standard InChI is InChI=1S/C22H18/c1-3-7-17-15(5-1)9-11-21-19(17)13-14-20-18-8-4-2-6-16(18)10-12-22(20)21/h1-5,9-12,14H,6-8,13H2. The molecule has 106 valence electrons. The highest BCUT2D eigenvalue weighted by atomic mass is 14.2. The van der Waals surface area contributed by atoms with Crippen molar-refractivity contribution < 1.29 is 0 Å². The molecule has 0 radical (unpaired) electrons. The normalized spacial score (nSPS) is 16.7. The smallest absolute Gasteiger partial charge is 0.00789 e. The molecule has 0 saturated heterocycles. The van der Waals surface area contributed by atoms with Gasteiger partial charge < -0.3 is 0 Å². The highest BCUT2D eigenvalue weighted by Crippen LogP contribution is 2.19. The molecule has 2 aromatic carbocycles. The predicted molar refractivity (Wildman–Crippen MR) is 91.8 cm³/mol. The fourth-order valence-electron chi connectivity index (χ4n) is 4.18. The Morgan fingerprint density at radius 3 is 2.50 bits per heavy atom. The van der Waals surface area contributed by atoms with Crippen molar-refractivity contribution in [2.45, 2.75) is 25.7 Å². The van der Waals surface area contributed by atoms with Crippen LogP contribution in [0.2, 0.25) is 0 Å². The molecule has 0 unspecified atom stereocenters. The lowest BCUT2D eigenvalue weighted by Crippen LogP contribution is -2.22. The van der Waals surface area contributed by atoms with Gasteiger partial charge in [0.15, 0.2) is 0 Å². The van der Waals surface area contributed by atoms with E-state index >= 15 is 0 Å². The van der Waals surface area contributed by atoms with Crippen LogP contribution in [0.5, 0.6) is 0 Å². The number of allylic oxidation sites excluding steroid dienone is 4. The molecule has 0 heterocycles. The van der Waals surface area contributed by atoms with Crippen molar-refractivity contribution in [2.75, 3.05) is 0 Å². The molecular weight excluding hydrogens is 264 g/mol. The Bertz CT molecular complexity index is 1060. The average Bonchev–Trinajstić information content (AvgIpc) is 2.60. The Balaban J connectivity index is 1.94. The SMILES string of the molecule is C1=CCc2c3c(ccc2=C1)=c1ccc2c(c1=CC3)CC=CC2. The van der Waals surface area contributed by atoms with Crippen molar-refractivity contribution in [2.24, 2.45) is 0 Å². The van der Waals surface area contributed by atoms with Crippen molar-refractivity contribution in [1.29, 1.82) is 0 Å². The van der Waals surface area contributed by atoms with E-state index in [4.69, 9.17) is 0 Å². The minimum atomic E-state index is 1.08. The maximum absolute atomic E-state index is 2.47. The van der Waals surface area contributed by atoms with Gasteiger partial charge in [-0.15, -0.1) is 0 Å². The lowest BCUT2D eigenvalue weighted by atomic mass is 9.87. The molecule has 0 nitrogen and oxygen atoms in total. The first kappa shape index (κ1) is 12.2. The first-order chi connectivity index (χ1) is 10.9. The van der Waals surface area contributed by atoms with Crippen LogP contribution in [0.3, 0.4) is 0 Å². The molecule has 3 aliphatic rings. The third-order valence-electron chi connectivity index (χ3n) is 5.28. The monoisotopic (exact) mass is 282 g/mol. The van der Waals surface area contributed by atoms with Gasteiger partial charge in [-0.05, 0) is 68.8 Å². The van der Waals surface area contributed by atoms with Gasteiger partial charge in [0.2, 0.25) is 0 Å². The Morgan fingerprint density at radius 1 is 0.636 bits per heavy atom. The highest BCUT2D eigenvalue weighted by molar-refractivity contribution is 5.53. The minimum absolute atomic E-state index is 1.08. The zero-order chi connectivity index (χ0) is 14.5. The third-order valence-corrected chi connectivity index (χ3v) is 5.28. The quantitative estimate of drug-likeness (QED) is 0.652. The summed E-state index contributed by atoms with van der Waals surface area (Å²) in [6.45, 7) is 0. The lowest BCUT2D eigenvalue weighted by Gasteiger charge is -2.17. The Labute approximate surface area is 130 Å². The van der Waals surface area contributed by atoms with E-state index in [0.717, 1.165) is 25.7 Å². The molecule has 0 amide bonds. The number of fused-ring (bicyclic) bond motifs is 6. The topological polar surface area (TPSA) is 0 Å². The molecule has 0 saturated carbocycles. The molecular formula is C22H18.